The number of likely N-dealkylation sites (N-methyl/N-ethyl adjacent to an activating group) is 1. The van der Waals surface area contributed by atoms with Gasteiger partial charge in [-0.15, -0.1) is 0 Å². The molecule has 1 fully saturated rings. The number of methoxy groups -OCH3 is 1. The number of rotatable bonds is 4. The molecule has 1 aliphatic rings. The Morgan fingerprint density at radius 3 is 2.45 bits per heavy atom. The first-order valence-corrected chi connectivity index (χ1v) is 7.58. The smallest absolute Gasteiger partial charge is 0.124 e. The maximum atomic E-state index is 11.0. The lowest BCUT2D eigenvalue weighted by Gasteiger charge is -2.46. The second-order valence-corrected chi connectivity index (χ2v) is 6.28. The van der Waals surface area contributed by atoms with Gasteiger partial charge in [0.25, 0.3) is 0 Å². The number of halogens is 1. The predicted molar refractivity (Wildman–Crippen MR) is 82.5 cm³/mol. The van der Waals surface area contributed by atoms with Crippen molar-refractivity contribution in [3.8, 4) is 5.75 Å². The highest BCUT2D eigenvalue weighted by Gasteiger charge is 2.42. The normalized spacial score (nSPS) is 19.9. The van der Waals surface area contributed by atoms with Crippen molar-refractivity contribution in [3.63, 3.8) is 0 Å². The highest BCUT2D eigenvalue weighted by Crippen LogP contribution is 2.44. The van der Waals surface area contributed by atoms with Crippen molar-refractivity contribution in [2.45, 2.75) is 43.7 Å². The summed E-state index contributed by atoms with van der Waals surface area (Å²) in [6.45, 7) is 0. The van der Waals surface area contributed by atoms with Crippen LogP contribution in [0.3, 0.4) is 0 Å². The summed E-state index contributed by atoms with van der Waals surface area (Å²) in [5, 5.41) is 11.7. The van der Waals surface area contributed by atoms with E-state index in [-0.39, 0.29) is 5.54 Å². The molecule has 0 bridgehead atoms. The van der Waals surface area contributed by atoms with Crippen molar-refractivity contribution in [1.82, 2.24) is 4.90 Å². The SMILES string of the molecule is COc1ccc(Cl)cc1C(O)C1(N(C)C)CCCCC1. The van der Waals surface area contributed by atoms with Gasteiger partial charge in [0.1, 0.15) is 11.9 Å². The largest absolute Gasteiger partial charge is 0.496 e. The van der Waals surface area contributed by atoms with Crippen molar-refractivity contribution in [2.24, 2.45) is 0 Å². The fourth-order valence-corrected chi connectivity index (χ4v) is 3.52. The van der Waals surface area contributed by atoms with Gasteiger partial charge in [-0.25, -0.2) is 0 Å². The fourth-order valence-electron chi connectivity index (χ4n) is 3.34. The van der Waals surface area contributed by atoms with Gasteiger partial charge in [-0.3, -0.25) is 0 Å². The van der Waals surface area contributed by atoms with Crippen molar-refractivity contribution in [3.05, 3.63) is 28.8 Å². The molecule has 0 aromatic heterocycles. The van der Waals surface area contributed by atoms with Crippen LogP contribution in [0.2, 0.25) is 5.02 Å². The molecule has 0 amide bonds. The number of ether oxygens (including phenoxy) is 1. The van der Waals surface area contributed by atoms with E-state index in [0.29, 0.717) is 10.8 Å². The van der Waals surface area contributed by atoms with Gasteiger partial charge in [0.15, 0.2) is 0 Å². The number of hydrogen-bond acceptors (Lipinski definition) is 3. The molecule has 0 spiro atoms. The minimum absolute atomic E-state index is 0.226. The summed E-state index contributed by atoms with van der Waals surface area (Å²) in [5.74, 6) is 0.702. The molecular weight excluding hydrogens is 274 g/mol. The zero-order chi connectivity index (χ0) is 14.8. The average Bonchev–Trinajstić information content (AvgIpc) is 2.47. The maximum Gasteiger partial charge on any atom is 0.124 e. The molecule has 2 rings (SSSR count). The Morgan fingerprint density at radius 1 is 1.25 bits per heavy atom. The van der Waals surface area contributed by atoms with E-state index in [1.54, 1.807) is 13.2 Å². The van der Waals surface area contributed by atoms with Gasteiger partial charge in [-0.2, -0.15) is 0 Å². The van der Waals surface area contributed by atoms with Crippen LogP contribution in [0.25, 0.3) is 0 Å². The Morgan fingerprint density at radius 2 is 1.90 bits per heavy atom. The topological polar surface area (TPSA) is 32.7 Å². The van der Waals surface area contributed by atoms with E-state index in [0.717, 1.165) is 31.2 Å². The van der Waals surface area contributed by atoms with E-state index in [4.69, 9.17) is 16.3 Å². The van der Waals surface area contributed by atoms with Gasteiger partial charge < -0.3 is 14.7 Å². The van der Waals surface area contributed by atoms with Crippen LogP contribution in [-0.4, -0.2) is 36.8 Å². The van der Waals surface area contributed by atoms with E-state index in [1.165, 1.54) is 6.42 Å². The quantitative estimate of drug-likeness (QED) is 0.921. The number of benzene rings is 1. The minimum Gasteiger partial charge on any atom is -0.496 e. The third-order valence-electron chi connectivity index (χ3n) is 4.61. The highest BCUT2D eigenvalue weighted by molar-refractivity contribution is 6.30. The molecule has 1 N–H and O–H groups in total. The number of hydrogen-bond donors (Lipinski definition) is 1. The lowest BCUT2D eigenvalue weighted by molar-refractivity contribution is -0.0345. The predicted octanol–water partition coefficient (Wildman–Crippen LogP) is 3.65. The van der Waals surface area contributed by atoms with Gasteiger partial charge in [0.2, 0.25) is 0 Å². The molecule has 1 aliphatic carbocycles. The van der Waals surface area contributed by atoms with Crippen LogP contribution >= 0.6 is 11.6 Å². The molecule has 1 aromatic rings. The Balaban J connectivity index is 2.41. The van der Waals surface area contributed by atoms with Gasteiger partial charge in [-0.1, -0.05) is 30.9 Å². The Hall–Kier alpha value is -0.770. The summed E-state index contributed by atoms with van der Waals surface area (Å²) < 4.78 is 5.40. The van der Waals surface area contributed by atoms with Crippen LogP contribution in [0.4, 0.5) is 0 Å². The van der Waals surface area contributed by atoms with Gasteiger partial charge in [-0.05, 0) is 45.1 Å². The van der Waals surface area contributed by atoms with Crippen molar-refractivity contribution >= 4 is 11.6 Å². The van der Waals surface area contributed by atoms with Crippen molar-refractivity contribution in [2.75, 3.05) is 21.2 Å². The lowest BCUT2D eigenvalue weighted by atomic mass is 9.74. The van der Waals surface area contributed by atoms with Crippen molar-refractivity contribution < 1.29 is 9.84 Å². The zero-order valence-electron chi connectivity index (χ0n) is 12.5. The summed E-state index contributed by atoms with van der Waals surface area (Å²) in [4.78, 5) is 2.16. The Bertz CT molecular complexity index is 456. The highest BCUT2D eigenvalue weighted by atomic mass is 35.5. The monoisotopic (exact) mass is 297 g/mol. The van der Waals surface area contributed by atoms with Crippen LogP contribution in [-0.2, 0) is 0 Å². The molecule has 112 valence electrons. The summed E-state index contributed by atoms with van der Waals surface area (Å²) in [5.41, 5.74) is 0.562. The molecule has 0 aliphatic heterocycles. The van der Waals surface area contributed by atoms with Crippen molar-refractivity contribution in [1.29, 1.82) is 0 Å². The molecule has 1 atom stereocenters. The van der Waals surface area contributed by atoms with Crippen LogP contribution in [0.5, 0.6) is 5.75 Å². The zero-order valence-corrected chi connectivity index (χ0v) is 13.3. The lowest BCUT2D eigenvalue weighted by Crippen LogP contribution is -2.50. The number of aliphatic hydroxyl groups excluding tert-OH is 1. The molecule has 20 heavy (non-hydrogen) atoms. The molecule has 4 heteroatoms. The third kappa shape index (κ3) is 2.80. The molecular formula is C16H24ClNO2. The first kappa shape index (κ1) is 15.6. The van der Waals surface area contributed by atoms with Crippen LogP contribution in [0.15, 0.2) is 18.2 Å². The first-order chi connectivity index (χ1) is 9.51. The summed E-state index contributed by atoms with van der Waals surface area (Å²) in [6.07, 6.45) is 4.95. The number of nitrogens with zero attached hydrogens (tertiary/aromatic N) is 1. The molecule has 1 unspecified atom stereocenters. The summed E-state index contributed by atoms with van der Waals surface area (Å²) in [7, 11) is 5.72. The summed E-state index contributed by atoms with van der Waals surface area (Å²) in [6, 6.07) is 5.44. The third-order valence-corrected chi connectivity index (χ3v) is 4.84. The average molecular weight is 298 g/mol. The molecule has 1 saturated carbocycles. The fraction of sp³-hybridized carbons (Fsp3) is 0.625. The van der Waals surface area contributed by atoms with Crippen LogP contribution < -0.4 is 4.74 Å². The molecule has 0 radical (unpaired) electrons. The van der Waals surface area contributed by atoms with Gasteiger partial charge >= 0.3 is 0 Å². The van der Waals surface area contributed by atoms with Crippen LogP contribution in [0, 0.1) is 0 Å². The van der Waals surface area contributed by atoms with E-state index < -0.39 is 6.10 Å². The Kier molecular flexibility index (Phi) is 4.95. The standard InChI is InChI=1S/C16H24ClNO2/c1-18(2)16(9-5-4-6-10-16)15(19)13-11-12(17)7-8-14(13)20-3/h7-8,11,15,19H,4-6,9-10H2,1-3H3. The van der Waals surface area contributed by atoms with E-state index in [9.17, 15) is 5.11 Å². The Labute approximate surface area is 126 Å². The molecule has 1 aromatic carbocycles. The van der Waals surface area contributed by atoms with Gasteiger partial charge in [0.05, 0.1) is 12.6 Å². The van der Waals surface area contributed by atoms with E-state index in [1.807, 2.05) is 26.2 Å². The first-order valence-electron chi connectivity index (χ1n) is 7.20. The maximum absolute atomic E-state index is 11.0. The van der Waals surface area contributed by atoms with E-state index >= 15 is 0 Å². The van der Waals surface area contributed by atoms with Crippen LogP contribution in [0.1, 0.15) is 43.8 Å². The second kappa shape index (κ2) is 6.33. The van der Waals surface area contributed by atoms with Gasteiger partial charge in [0, 0.05) is 10.6 Å². The molecule has 0 heterocycles. The summed E-state index contributed by atoms with van der Waals surface area (Å²) >= 11 is 6.10. The minimum atomic E-state index is -0.591. The van der Waals surface area contributed by atoms with E-state index in [2.05, 4.69) is 4.90 Å². The number of aliphatic hydroxyl groups is 1. The second-order valence-electron chi connectivity index (χ2n) is 5.85. The molecule has 3 nitrogen and oxygen atoms in total. The molecule has 0 saturated heterocycles.